The maximum absolute atomic E-state index is 5.61. The van der Waals surface area contributed by atoms with Crippen LogP contribution in [0.4, 0.5) is 0 Å². The van der Waals surface area contributed by atoms with Gasteiger partial charge in [-0.2, -0.15) is 0 Å². The van der Waals surface area contributed by atoms with Crippen molar-refractivity contribution in [3.05, 3.63) is 0 Å². The molecule has 0 bridgehead atoms. The van der Waals surface area contributed by atoms with Gasteiger partial charge < -0.3 is 4.90 Å². The molecule has 0 aromatic carbocycles. The van der Waals surface area contributed by atoms with E-state index >= 15 is 0 Å². The molecule has 0 spiro atoms. The first-order valence-electron chi connectivity index (χ1n) is 4.70. The summed E-state index contributed by atoms with van der Waals surface area (Å²) in [6.45, 7) is 7.91. The zero-order valence-corrected chi connectivity index (χ0v) is 13.5. The Kier molecular flexibility index (Phi) is 9.81. The van der Waals surface area contributed by atoms with Crippen LogP contribution in [0.25, 0.3) is 0 Å². The smallest absolute Gasteiger partial charge is 0.108 e. The largest absolute Gasteiger partial charge is 0.303 e. The second-order valence-corrected chi connectivity index (χ2v) is 18.7. The summed E-state index contributed by atoms with van der Waals surface area (Å²) in [4.78, 5) is 2.45. The Bertz CT molecular complexity index is 176. The van der Waals surface area contributed by atoms with E-state index in [9.17, 15) is 0 Å². The predicted molar refractivity (Wildman–Crippen MR) is 81.6 cm³/mol. The Morgan fingerprint density at radius 2 is 1.64 bits per heavy atom. The molecule has 6 heteroatoms. The van der Waals surface area contributed by atoms with Gasteiger partial charge >= 0.3 is 0 Å². The lowest BCUT2D eigenvalue weighted by atomic mass is 10.5. The van der Waals surface area contributed by atoms with Gasteiger partial charge in [0.2, 0.25) is 0 Å². The van der Waals surface area contributed by atoms with Crippen molar-refractivity contribution < 1.29 is 0 Å². The Hall–Kier alpha value is 1.66. The van der Waals surface area contributed by atoms with E-state index in [1.54, 1.807) is 0 Å². The Labute approximate surface area is 106 Å². The van der Waals surface area contributed by atoms with Crippen molar-refractivity contribution in [2.24, 2.45) is 0 Å². The third-order valence-corrected chi connectivity index (χ3v) is 18.6. The normalized spacial score (nSPS) is 12.4. The highest BCUT2D eigenvalue weighted by Crippen LogP contribution is 2.76. The molecule has 0 aliphatic rings. The molecule has 0 saturated carbocycles. The fourth-order valence-corrected chi connectivity index (χ4v) is 9.17. The van der Waals surface area contributed by atoms with Crippen LogP contribution in [0, 0.1) is 0 Å². The van der Waals surface area contributed by atoms with E-state index in [2.05, 4.69) is 31.3 Å². The van der Waals surface area contributed by atoms with E-state index in [4.69, 9.17) is 11.8 Å². The molecule has 0 amide bonds. The van der Waals surface area contributed by atoms with Crippen molar-refractivity contribution in [3.63, 3.8) is 0 Å². The molecule has 0 aliphatic carbocycles. The molecule has 0 N–H and O–H groups in total. The lowest BCUT2D eigenvalue weighted by Crippen LogP contribution is -2.25. The number of hydrogen-bond donors (Lipinski definition) is 0. The highest BCUT2D eigenvalue weighted by molar-refractivity contribution is 9.22. The third kappa shape index (κ3) is 6.29. The minimum atomic E-state index is -1.20. The highest BCUT2D eigenvalue weighted by atomic mass is 33.5. The van der Waals surface area contributed by atoms with Gasteiger partial charge in [0, 0.05) is 12.3 Å². The van der Waals surface area contributed by atoms with E-state index in [0.717, 1.165) is 13.1 Å². The molecule has 0 saturated heterocycles. The van der Waals surface area contributed by atoms with Gasteiger partial charge in [0.1, 0.15) is 3.64 Å². The number of rotatable bonds is 8. The molecule has 0 radical (unpaired) electrons. The zero-order chi connectivity index (χ0) is 11.0. The summed E-state index contributed by atoms with van der Waals surface area (Å²) in [7, 11) is 0. The summed E-state index contributed by atoms with van der Waals surface area (Å²) in [6.07, 6.45) is 4.28. The van der Waals surface area contributed by atoms with Crippen LogP contribution in [-0.4, -0.2) is 42.8 Å². The minimum Gasteiger partial charge on any atom is -0.303 e. The predicted octanol–water partition coefficient (Wildman–Crippen LogP) is 4.01. The molecular weight excluding hydrogens is 269 g/mol. The molecule has 0 fully saturated rings. The fraction of sp³-hybridized carbons (Fsp3) is 1.00. The van der Waals surface area contributed by atoms with E-state index < -0.39 is 3.64 Å². The van der Waals surface area contributed by atoms with Gasteiger partial charge in [-0.1, -0.05) is 25.7 Å². The van der Waals surface area contributed by atoms with Crippen LogP contribution in [0.3, 0.4) is 0 Å². The van der Waals surface area contributed by atoms with E-state index in [0.29, 0.717) is 0 Å². The Morgan fingerprint density at radius 3 is 2.00 bits per heavy atom. The van der Waals surface area contributed by atoms with Gasteiger partial charge in [-0.3, -0.25) is 0 Å². The zero-order valence-electron chi connectivity index (χ0n) is 9.36. The first-order valence-corrected chi connectivity index (χ1v) is 12.8. The van der Waals surface area contributed by atoms with Crippen molar-refractivity contribution >= 4 is 49.6 Å². The summed E-state index contributed by atoms with van der Waals surface area (Å²) >= 11 is 11.3. The van der Waals surface area contributed by atoms with Gasteiger partial charge in [0.05, 0.1) is 0 Å². The maximum atomic E-state index is 5.61. The van der Waals surface area contributed by atoms with Gasteiger partial charge in [0.15, 0.2) is 0 Å². The van der Waals surface area contributed by atoms with Crippen LogP contribution < -0.4 is 0 Å². The summed E-state index contributed by atoms with van der Waals surface area (Å²) in [5, 5.41) is 0. The van der Waals surface area contributed by atoms with Crippen molar-refractivity contribution in [2.75, 3.05) is 37.9 Å². The van der Waals surface area contributed by atoms with E-state index in [1.807, 2.05) is 34.1 Å². The fourth-order valence-electron chi connectivity index (χ4n) is 1.00. The van der Waals surface area contributed by atoms with Crippen LogP contribution in [0.1, 0.15) is 13.8 Å². The van der Waals surface area contributed by atoms with Gasteiger partial charge in [0.25, 0.3) is 0 Å². The van der Waals surface area contributed by atoms with Crippen molar-refractivity contribution in [3.8, 4) is 0 Å². The topological polar surface area (TPSA) is 3.24 Å². The molecule has 0 atom stereocenters. The summed E-state index contributed by atoms with van der Waals surface area (Å²) < 4.78 is -1.20. The molecule has 0 rings (SSSR count). The molecule has 0 aliphatic heterocycles. The van der Waals surface area contributed by atoms with E-state index in [-0.39, 0.29) is 0 Å². The summed E-state index contributed by atoms with van der Waals surface area (Å²) in [5.74, 6) is 1.18. The molecule has 0 aromatic heterocycles. The SMILES string of the molecule is CCN(CC)CCSP(=S)(SC)SC. The number of hydrogen-bond acceptors (Lipinski definition) is 5. The monoisotopic (exact) mass is 289 g/mol. The van der Waals surface area contributed by atoms with Crippen LogP contribution in [0.15, 0.2) is 0 Å². The molecule has 0 aromatic rings. The quantitative estimate of drug-likeness (QED) is 0.619. The molecule has 86 valence electrons. The molecular formula is C8H20NPS4. The minimum absolute atomic E-state index is 1.15. The third-order valence-electron chi connectivity index (χ3n) is 2.00. The molecule has 1 nitrogen and oxygen atoms in total. The lowest BCUT2D eigenvalue weighted by molar-refractivity contribution is 0.324. The van der Waals surface area contributed by atoms with Crippen LogP contribution in [0.2, 0.25) is 0 Å². The lowest BCUT2D eigenvalue weighted by Gasteiger charge is -2.20. The summed E-state index contributed by atoms with van der Waals surface area (Å²) in [6, 6.07) is 0. The standard InChI is InChI=1S/C8H20NPS4/c1-5-9(6-2)7-8-14-10(11,12-3)13-4/h5-8H2,1-4H3. The second-order valence-electron chi connectivity index (χ2n) is 2.67. The van der Waals surface area contributed by atoms with Crippen molar-refractivity contribution in [1.82, 2.24) is 4.90 Å². The van der Waals surface area contributed by atoms with Crippen LogP contribution in [-0.2, 0) is 11.8 Å². The highest BCUT2D eigenvalue weighted by Gasteiger charge is 2.14. The van der Waals surface area contributed by atoms with Gasteiger partial charge in [-0.25, -0.2) is 0 Å². The average Bonchev–Trinajstić information content (AvgIpc) is 2.24. The van der Waals surface area contributed by atoms with E-state index in [1.165, 1.54) is 12.3 Å². The van der Waals surface area contributed by atoms with Crippen LogP contribution >= 0.6 is 37.8 Å². The molecule has 0 heterocycles. The maximum Gasteiger partial charge on any atom is 0.108 e. The van der Waals surface area contributed by atoms with Crippen LogP contribution in [0.5, 0.6) is 0 Å². The van der Waals surface area contributed by atoms with Gasteiger partial charge in [-0.15, -0.1) is 34.1 Å². The first-order chi connectivity index (χ1) is 6.61. The van der Waals surface area contributed by atoms with Crippen molar-refractivity contribution in [1.29, 1.82) is 0 Å². The van der Waals surface area contributed by atoms with Crippen molar-refractivity contribution in [2.45, 2.75) is 13.8 Å². The summed E-state index contributed by atoms with van der Waals surface area (Å²) in [5.41, 5.74) is 0. The average molecular weight is 289 g/mol. The second kappa shape index (κ2) is 8.77. The molecule has 0 unspecified atom stereocenters. The Balaban J connectivity index is 3.76. The van der Waals surface area contributed by atoms with Gasteiger partial charge in [-0.05, 0) is 25.6 Å². The first kappa shape index (κ1) is 15.7. The number of nitrogens with zero attached hydrogens (tertiary/aromatic N) is 1. The Morgan fingerprint density at radius 1 is 1.14 bits per heavy atom. The molecule has 14 heavy (non-hydrogen) atoms.